The zero-order valence-electron chi connectivity index (χ0n) is 13.5. The summed E-state index contributed by atoms with van der Waals surface area (Å²) in [6.07, 6.45) is 1.46. The van der Waals surface area contributed by atoms with Gasteiger partial charge in [0.15, 0.2) is 0 Å². The van der Waals surface area contributed by atoms with Crippen molar-refractivity contribution in [2.45, 2.75) is 18.2 Å². The van der Waals surface area contributed by atoms with E-state index in [2.05, 4.69) is 4.72 Å². The molecule has 0 saturated heterocycles. The van der Waals surface area contributed by atoms with Gasteiger partial charge < -0.3 is 4.74 Å². The number of carbonyl (C=O) groups is 1. The topological polar surface area (TPSA) is 72.5 Å². The SMILES string of the molecule is COC(=O)C(=CNS(=O)(=O)c1ccc(C)cc1)Cc1ccccc1. The predicted octanol–water partition coefficient (Wildman–Crippen LogP) is 2.57. The largest absolute Gasteiger partial charge is 0.466 e. The molecular weight excluding hydrogens is 326 g/mol. The summed E-state index contributed by atoms with van der Waals surface area (Å²) in [5.74, 6) is -0.578. The van der Waals surface area contributed by atoms with Crippen molar-refractivity contribution in [2.75, 3.05) is 7.11 Å². The molecule has 2 rings (SSSR count). The van der Waals surface area contributed by atoms with Crippen LogP contribution in [0.1, 0.15) is 11.1 Å². The Labute approximate surface area is 142 Å². The first-order valence-electron chi connectivity index (χ1n) is 7.32. The highest BCUT2D eigenvalue weighted by Gasteiger charge is 2.15. The second-order valence-electron chi connectivity index (χ2n) is 5.26. The van der Waals surface area contributed by atoms with Crippen molar-refractivity contribution in [1.29, 1.82) is 0 Å². The molecule has 0 bridgehead atoms. The van der Waals surface area contributed by atoms with Crippen LogP contribution in [0.15, 0.2) is 71.3 Å². The minimum absolute atomic E-state index is 0.133. The summed E-state index contributed by atoms with van der Waals surface area (Å²) in [7, 11) is -2.48. The molecule has 2 aromatic rings. The second kappa shape index (κ2) is 7.79. The number of ether oxygens (including phenoxy) is 1. The number of benzene rings is 2. The van der Waals surface area contributed by atoms with Gasteiger partial charge in [0.2, 0.25) is 0 Å². The third-order valence-corrected chi connectivity index (χ3v) is 4.73. The molecule has 2 aromatic carbocycles. The molecule has 6 heteroatoms. The van der Waals surface area contributed by atoms with Gasteiger partial charge in [0.25, 0.3) is 10.0 Å². The molecule has 0 unspecified atom stereocenters. The van der Waals surface area contributed by atoms with Crippen LogP contribution in [0.2, 0.25) is 0 Å². The van der Waals surface area contributed by atoms with Crippen molar-refractivity contribution in [3.05, 3.63) is 77.5 Å². The molecule has 0 heterocycles. The fraction of sp³-hybridized carbons (Fsp3) is 0.167. The van der Waals surface area contributed by atoms with E-state index in [-0.39, 0.29) is 16.9 Å². The van der Waals surface area contributed by atoms with Gasteiger partial charge in [-0.3, -0.25) is 4.72 Å². The van der Waals surface area contributed by atoms with E-state index in [4.69, 9.17) is 4.74 Å². The highest BCUT2D eigenvalue weighted by atomic mass is 32.2. The number of hydrogen-bond donors (Lipinski definition) is 1. The van der Waals surface area contributed by atoms with E-state index in [1.54, 1.807) is 12.1 Å². The van der Waals surface area contributed by atoms with Crippen LogP contribution < -0.4 is 4.72 Å². The molecule has 0 aromatic heterocycles. The summed E-state index contributed by atoms with van der Waals surface area (Å²) in [5.41, 5.74) is 2.06. The molecule has 1 N–H and O–H groups in total. The zero-order valence-corrected chi connectivity index (χ0v) is 14.3. The Morgan fingerprint density at radius 3 is 2.29 bits per heavy atom. The Morgan fingerprint density at radius 2 is 1.71 bits per heavy atom. The maximum atomic E-state index is 12.3. The van der Waals surface area contributed by atoms with Gasteiger partial charge in [-0.05, 0) is 24.6 Å². The van der Waals surface area contributed by atoms with Gasteiger partial charge in [0.05, 0.1) is 17.6 Å². The van der Waals surface area contributed by atoms with Crippen molar-refractivity contribution in [3.8, 4) is 0 Å². The number of rotatable bonds is 6. The van der Waals surface area contributed by atoms with E-state index >= 15 is 0 Å². The minimum Gasteiger partial charge on any atom is -0.466 e. The van der Waals surface area contributed by atoms with Crippen molar-refractivity contribution in [3.63, 3.8) is 0 Å². The summed E-state index contributed by atoms with van der Waals surface area (Å²) in [5, 5.41) is 0. The van der Waals surface area contributed by atoms with Gasteiger partial charge in [0.1, 0.15) is 0 Å². The predicted molar refractivity (Wildman–Crippen MR) is 91.7 cm³/mol. The lowest BCUT2D eigenvalue weighted by molar-refractivity contribution is -0.136. The first-order chi connectivity index (χ1) is 11.4. The maximum Gasteiger partial charge on any atom is 0.335 e. The van der Waals surface area contributed by atoms with Gasteiger partial charge in [-0.2, -0.15) is 0 Å². The van der Waals surface area contributed by atoms with Crippen molar-refractivity contribution < 1.29 is 17.9 Å². The average Bonchev–Trinajstić information content (AvgIpc) is 2.59. The van der Waals surface area contributed by atoms with E-state index in [0.717, 1.165) is 11.1 Å². The number of aryl methyl sites for hydroxylation is 1. The summed E-state index contributed by atoms with van der Waals surface area (Å²) in [6, 6.07) is 15.7. The first-order valence-corrected chi connectivity index (χ1v) is 8.81. The molecule has 126 valence electrons. The van der Waals surface area contributed by atoms with Crippen LogP contribution in [0, 0.1) is 6.92 Å². The van der Waals surface area contributed by atoms with E-state index in [1.165, 1.54) is 25.4 Å². The average molecular weight is 345 g/mol. The van der Waals surface area contributed by atoms with E-state index in [0.29, 0.717) is 0 Å². The second-order valence-corrected chi connectivity index (χ2v) is 6.97. The summed E-state index contributed by atoms with van der Waals surface area (Å²) < 4.78 is 31.7. The fourth-order valence-corrected chi connectivity index (χ4v) is 2.99. The van der Waals surface area contributed by atoms with Gasteiger partial charge in [-0.1, -0.05) is 48.0 Å². The highest BCUT2D eigenvalue weighted by Crippen LogP contribution is 2.12. The quantitative estimate of drug-likeness (QED) is 0.645. The smallest absolute Gasteiger partial charge is 0.335 e. The first kappa shape index (κ1) is 17.7. The molecule has 0 fully saturated rings. The lowest BCUT2D eigenvalue weighted by Crippen LogP contribution is -2.21. The Kier molecular flexibility index (Phi) is 5.76. The van der Waals surface area contributed by atoms with Crippen LogP contribution >= 0.6 is 0 Å². The number of sulfonamides is 1. The van der Waals surface area contributed by atoms with Crippen molar-refractivity contribution in [1.82, 2.24) is 4.72 Å². The standard InChI is InChI=1S/C18H19NO4S/c1-14-8-10-17(11-9-14)24(21,22)19-13-16(18(20)23-2)12-15-6-4-3-5-7-15/h3-11,13,19H,12H2,1-2H3. The van der Waals surface area contributed by atoms with Gasteiger partial charge in [-0.15, -0.1) is 0 Å². The number of esters is 1. The van der Waals surface area contributed by atoms with Gasteiger partial charge in [0, 0.05) is 12.6 Å². The van der Waals surface area contributed by atoms with Crippen LogP contribution in [0.5, 0.6) is 0 Å². The number of nitrogens with one attached hydrogen (secondary N) is 1. The minimum atomic E-state index is -3.74. The Bertz CT molecular complexity index is 825. The Balaban J connectivity index is 2.23. The molecule has 5 nitrogen and oxygen atoms in total. The third-order valence-electron chi connectivity index (χ3n) is 3.40. The van der Waals surface area contributed by atoms with Crippen LogP contribution in [0.4, 0.5) is 0 Å². The Morgan fingerprint density at radius 1 is 1.08 bits per heavy atom. The molecular formula is C18H19NO4S. The molecule has 0 saturated carbocycles. The Hall–Kier alpha value is -2.60. The van der Waals surface area contributed by atoms with Crippen LogP contribution in [0.25, 0.3) is 0 Å². The lowest BCUT2D eigenvalue weighted by Gasteiger charge is -2.08. The molecule has 0 spiro atoms. The van der Waals surface area contributed by atoms with Crippen molar-refractivity contribution in [2.24, 2.45) is 0 Å². The summed E-state index contributed by atoms with van der Waals surface area (Å²) in [6.45, 7) is 1.87. The van der Waals surface area contributed by atoms with E-state index in [1.807, 2.05) is 37.3 Å². The van der Waals surface area contributed by atoms with Crippen LogP contribution in [-0.2, 0) is 26.0 Å². The normalized spacial score (nSPS) is 11.8. The molecule has 24 heavy (non-hydrogen) atoms. The van der Waals surface area contributed by atoms with E-state index < -0.39 is 16.0 Å². The van der Waals surface area contributed by atoms with Gasteiger partial charge in [-0.25, -0.2) is 13.2 Å². The van der Waals surface area contributed by atoms with Gasteiger partial charge >= 0.3 is 5.97 Å². The molecule has 0 aliphatic rings. The molecule has 0 aliphatic carbocycles. The van der Waals surface area contributed by atoms with Crippen LogP contribution in [0.3, 0.4) is 0 Å². The summed E-state index contributed by atoms with van der Waals surface area (Å²) in [4.78, 5) is 12.0. The lowest BCUT2D eigenvalue weighted by atomic mass is 10.1. The number of hydrogen-bond acceptors (Lipinski definition) is 4. The third kappa shape index (κ3) is 4.70. The monoisotopic (exact) mass is 345 g/mol. The van der Waals surface area contributed by atoms with Crippen molar-refractivity contribution >= 4 is 16.0 Å². The molecule has 0 atom stereocenters. The number of methoxy groups -OCH3 is 1. The maximum absolute atomic E-state index is 12.3. The highest BCUT2D eigenvalue weighted by molar-refractivity contribution is 7.89. The summed E-state index contributed by atoms with van der Waals surface area (Å²) >= 11 is 0. The molecule has 0 amide bonds. The fourth-order valence-electron chi connectivity index (χ4n) is 2.06. The zero-order chi connectivity index (χ0) is 17.6. The number of carbonyl (C=O) groups excluding carboxylic acids is 1. The van der Waals surface area contributed by atoms with Crippen LogP contribution in [-0.4, -0.2) is 21.5 Å². The molecule has 0 radical (unpaired) electrons. The van der Waals surface area contributed by atoms with E-state index in [9.17, 15) is 13.2 Å². The molecule has 0 aliphatic heterocycles.